The van der Waals surface area contributed by atoms with Crippen molar-refractivity contribution in [2.75, 3.05) is 7.05 Å². The average molecular weight is 358 g/mol. The Morgan fingerprint density at radius 2 is 2.12 bits per heavy atom. The summed E-state index contributed by atoms with van der Waals surface area (Å²) in [4.78, 5) is 31.8. The molecule has 1 aliphatic carbocycles. The highest BCUT2D eigenvalue weighted by atomic mass is 32.1. The molecule has 0 spiro atoms. The zero-order chi connectivity index (χ0) is 18.0. The van der Waals surface area contributed by atoms with Crippen molar-refractivity contribution in [1.29, 1.82) is 0 Å². The number of thiazole rings is 1. The summed E-state index contributed by atoms with van der Waals surface area (Å²) in [6.45, 7) is 2.09. The van der Waals surface area contributed by atoms with Crippen molar-refractivity contribution in [3.8, 4) is 0 Å². The molecule has 132 valence electrons. The molecule has 1 amide bonds. The maximum atomic E-state index is 12.8. The van der Waals surface area contributed by atoms with Gasteiger partial charge in [-0.15, -0.1) is 11.3 Å². The highest BCUT2D eigenvalue weighted by Crippen LogP contribution is 2.37. The summed E-state index contributed by atoms with van der Waals surface area (Å²) in [5.74, 6) is -1.06. The molecule has 0 radical (unpaired) electrons. The third kappa shape index (κ3) is 3.58. The molecule has 0 saturated heterocycles. The number of carboxylic acids is 1. The molecular formula is C19H22N2O3S. The smallest absolute Gasteiger partial charge is 0.335 e. The van der Waals surface area contributed by atoms with Gasteiger partial charge >= 0.3 is 5.97 Å². The SMILES string of the molecule is CCc1nc2c(s1)C(N(C)C(=O)Cc1ccccc1C(=O)O)CCC2. The molecule has 0 aliphatic heterocycles. The van der Waals surface area contributed by atoms with Gasteiger partial charge in [0.15, 0.2) is 0 Å². The van der Waals surface area contributed by atoms with E-state index in [-0.39, 0.29) is 23.9 Å². The molecule has 0 fully saturated rings. The van der Waals surface area contributed by atoms with Crippen LogP contribution in [0.5, 0.6) is 0 Å². The van der Waals surface area contributed by atoms with Crippen molar-refractivity contribution >= 4 is 23.2 Å². The normalized spacial score (nSPS) is 16.3. The van der Waals surface area contributed by atoms with Crippen LogP contribution < -0.4 is 0 Å². The number of hydrogen-bond acceptors (Lipinski definition) is 4. The first-order valence-corrected chi connectivity index (χ1v) is 9.38. The van der Waals surface area contributed by atoms with Gasteiger partial charge in [-0.05, 0) is 37.3 Å². The molecule has 0 saturated carbocycles. The van der Waals surface area contributed by atoms with Crippen LogP contribution in [-0.4, -0.2) is 33.9 Å². The van der Waals surface area contributed by atoms with Crippen LogP contribution in [0.4, 0.5) is 0 Å². The minimum atomic E-state index is -0.999. The maximum absolute atomic E-state index is 12.8. The predicted molar refractivity (Wildman–Crippen MR) is 97.0 cm³/mol. The van der Waals surface area contributed by atoms with Crippen molar-refractivity contribution in [1.82, 2.24) is 9.88 Å². The number of likely N-dealkylation sites (N-methyl/N-ethyl adjacent to an activating group) is 1. The minimum Gasteiger partial charge on any atom is -0.478 e. The standard InChI is InChI=1S/C19H22N2O3S/c1-3-16-20-14-9-6-10-15(18(14)25-16)21(2)17(22)11-12-7-4-5-8-13(12)19(23)24/h4-5,7-8,15H,3,6,9-11H2,1-2H3,(H,23,24). The number of rotatable bonds is 5. The first kappa shape index (κ1) is 17.6. The lowest BCUT2D eigenvalue weighted by molar-refractivity contribution is -0.131. The predicted octanol–water partition coefficient (Wildman–Crippen LogP) is 3.48. The number of aromatic nitrogens is 1. The summed E-state index contributed by atoms with van der Waals surface area (Å²) < 4.78 is 0. The second-order valence-corrected chi connectivity index (χ2v) is 7.44. The molecule has 1 aliphatic rings. The Morgan fingerprint density at radius 1 is 1.36 bits per heavy atom. The van der Waals surface area contributed by atoms with Crippen molar-refractivity contribution in [3.05, 3.63) is 51.0 Å². The van der Waals surface area contributed by atoms with E-state index in [1.165, 1.54) is 4.88 Å². The van der Waals surface area contributed by atoms with Crippen LogP contribution in [0.1, 0.15) is 57.3 Å². The number of aryl methyl sites for hydroxylation is 2. The highest BCUT2D eigenvalue weighted by molar-refractivity contribution is 7.11. The number of amides is 1. The second-order valence-electron chi connectivity index (χ2n) is 6.32. The van der Waals surface area contributed by atoms with Crippen LogP contribution in [-0.2, 0) is 24.1 Å². The van der Waals surface area contributed by atoms with E-state index in [1.54, 1.807) is 40.5 Å². The van der Waals surface area contributed by atoms with Crippen molar-refractivity contribution in [2.24, 2.45) is 0 Å². The minimum absolute atomic E-state index is 0.0473. The van der Waals surface area contributed by atoms with E-state index < -0.39 is 5.97 Å². The lowest BCUT2D eigenvalue weighted by atomic mass is 9.96. The van der Waals surface area contributed by atoms with Gasteiger partial charge in [0, 0.05) is 7.05 Å². The van der Waals surface area contributed by atoms with Crippen LogP contribution >= 0.6 is 11.3 Å². The summed E-state index contributed by atoms with van der Waals surface area (Å²) in [7, 11) is 1.82. The van der Waals surface area contributed by atoms with E-state index in [4.69, 9.17) is 0 Å². The summed E-state index contributed by atoms with van der Waals surface area (Å²) >= 11 is 1.70. The number of carboxylic acid groups (broad SMARTS) is 1. The van der Waals surface area contributed by atoms with Gasteiger partial charge in [0.2, 0.25) is 5.91 Å². The molecule has 1 unspecified atom stereocenters. The van der Waals surface area contributed by atoms with Gasteiger partial charge in [-0.2, -0.15) is 0 Å². The zero-order valence-corrected chi connectivity index (χ0v) is 15.3. The summed E-state index contributed by atoms with van der Waals surface area (Å²) in [5.41, 5.74) is 1.88. The van der Waals surface area contributed by atoms with Crippen LogP contribution in [0, 0.1) is 0 Å². The van der Waals surface area contributed by atoms with E-state index in [9.17, 15) is 14.7 Å². The van der Waals surface area contributed by atoms with Gasteiger partial charge in [0.1, 0.15) is 0 Å². The Labute approximate surface area is 151 Å². The topological polar surface area (TPSA) is 70.5 Å². The Balaban J connectivity index is 1.80. The Morgan fingerprint density at radius 3 is 2.84 bits per heavy atom. The van der Waals surface area contributed by atoms with Crippen molar-refractivity contribution < 1.29 is 14.7 Å². The quantitative estimate of drug-likeness (QED) is 0.888. The number of hydrogen-bond donors (Lipinski definition) is 1. The molecule has 1 aromatic heterocycles. The molecule has 0 bridgehead atoms. The molecule has 25 heavy (non-hydrogen) atoms. The molecule has 1 N–H and O–H groups in total. The lowest BCUT2D eigenvalue weighted by Crippen LogP contribution is -2.34. The number of nitrogens with zero attached hydrogens (tertiary/aromatic N) is 2. The first-order valence-electron chi connectivity index (χ1n) is 8.56. The van der Waals surface area contributed by atoms with Gasteiger partial charge in [0.25, 0.3) is 0 Å². The Bertz CT molecular complexity index is 800. The molecule has 2 aromatic rings. The molecule has 1 aromatic carbocycles. The molecule has 6 heteroatoms. The summed E-state index contributed by atoms with van der Waals surface area (Å²) in [6, 6.07) is 6.75. The molecule has 1 heterocycles. The fourth-order valence-corrected chi connectivity index (χ4v) is 4.54. The van der Waals surface area contributed by atoms with Gasteiger partial charge in [-0.1, -0.05) is 25.1 Å². The average Bonchev–Trinajstić information content (AvgIpc) is 3.04. The third-order valence-electron chi connectivity index (χ3n) is 4.72. The van der Waals surface area contributed by atoms with Crippen LogP contribution in [0.25, 0.3) is 0 Å². The number of fused-ring (bicyclic) bond motifs is 1. The van der Waals surface area contributed by atoms with E-state index in [2.05, 4.69) is 11.9 Å². The van der Waals surface area contributed by atoms with E-state index >= 15 is 0 Å². The number of carbonyl (C=O) groups is 2. The largest absolute Gasteiger partial charge is 0.478 e. The number of benzene rings is 1. The highest BCUT2D eigenvalue weighted by Gasteiger charge is 2.30. The fraction of sp³-hybridized carbons (Fsp3) is 0.421. The number of carbonyl (C=O) groups excluding carboxylic acids is 1. The zero-order valence-electron chi connectivity index (χ0n) is 14.5. The van der Waals surface area contributed by atoms with Crippen LogP contribution in [0.3, 0.4) is 0 Å². The molecular weight excluding hydrogens is 336 g/mol. The first-order chi connectivity index (χ1) is 12.0. The lowest BCUT2D eigenvalue weighted by Gasteiger charge is -2.31. The van der Waals surface area contributed by atoms with Crippen molar-refractivity contribution in [3.63, 3.8) is 0 Å². The third-order valence-corrected chi connectivity index (χ3v) is 6.06. The fourth-order valence-electron chi connectivity index (χ4n) is 3.31. The summed E-state index contributed by atoms with van der Waals surface area (Å²) in [5, 5.41) is 10.4. The van der Waals surface area contributed by atoms with Crippen LogP contribution in [0.15, 0.2) is 24.3 Å². The number of aromatic carboxylic acids is 1. The molecule has 1 atom stereocenters. The van der Waals surface area contributed by atoms with E-state index in [1.807, 2.05) is 7.05 Å². The monoisotopic (exact) mass is 358 g/mol. The second kappa shape index (κ2) is 7.35. The van der Waals surface area contributed by atoms with E-state index in [0.29, 0.717) is 5.56 Å². The van der Waals surface area contributed by atoms with Gasteiger partial charge in [-0.3, -0.25) is 4.79 Å². The van der Waals surface area contributed by atoms with Crippen molar-refractivity contribution in [2.45, 2.75) is 45.1 Å². The van der Waals surface area contributed by atoms with Crippen LogP contribution in [0.2, 0.25) is 0 Å². The summed E-state index contributed by atoms with van der Waals surface area (Å²) in [6.07, 6.45) is 3.94. The van der Waals surface area contributed by atoms with E-state index in [0.717, 1.165) is 36.4 Å². The van der Waals surface area contributed by atoms with Gasteiger partial charge < -0.3 is 10.0 Å². The maximum Gasteiger partial charge on any atom is 0.335 e. The van der Waals surface area contributed by atoms with Gasteiger partial charge in [0.05, 0.1) is 33.6 Å². The molecule has 3 rings (SSSR count). The van der Waals surface area contributed by atoms with Gasteiger partial charge in [-0.25, -0.2) is 9.78 Å². The molecule has 5 nitrogen and oxygen atoms in total. The Kier molecular flexibility index (Phi) is 5.18. The Hall–Kier alpha value is -2.21.